The number of hydrogen-bond acceptors (Lipinski definition) is 3. The number of carbonyl (C=O) groups excluding carboxylic acids is 2. The van der Waals surface area contributed by atoms with Crippen LogP contribution in [0.25, 0.3) is 0 Å². The second-order valence-corrected chi connectivity index (χ2v) is 4.87. The molecule has 0 rings (SSSR count). The minimum Gasteiger partial charge on any atom is -0.481 e. The number of aliphatic carboxylic acids is 1. The summed E-state index contributed by atoms with van der Waals surface area (Å²) < 4.78 is 0. The Kier molecular flexibility index (Phi) is 5.64. The van der Waals surface area contributed by atoms with Crippen molar-refractivity contribution in [1.82, 2.24) is 10.6 Å². The van der Waals surface area contributed by atoms with E-state index in [-0.39, 0.29) is 18.7 Å². The second-order valence-electron chi connectivity index (χ2n) is 4.87. The van der Waals surface area contributed by atoms with E-state index in [1.807, 2.05) is 20.8 Å². The number of rotatable bonds is 5. The van der Waals surface area contributed by atoms with E-state index in [0.717, 1.165) is 0 Å². The van der Waals surface area contributed by atoms with E-state index < -0.39 is 23.3 Å². The molecule has 0 aromatic heterocycles. The van der Waals surface area contributed by atoms with E-state index in [4.69, 9.17) is 5.11 Å². The SMILES string of the molecule is CNC(=O)[C@@H](NC(=O)CCC(=O)O)C(C)(C)C. The summed E-state index contributed by atoms with van der Waals surface area (Å²) in [5, 5.41) is 13.5. The van der Waals surface area contributed by atoms with Gasteiger partial charge >= 0.3 is 5.97 Å². The summed E-state index contributed by atoms with van der Waals surface area (Å²) in [4.78, 5) is 33.4. The molecule has 0 aliphatic rings. The van der Waals surface area contributed by atoms with Gasteiger partial charge in [-0.2, -0.15) is 0 Å². The fraction of sp³-hybridized carbons (Fsp3) is 0.727. The molecule has 0 saturated heterocycles. The van der Waals surface area contributed by atoms with Crippen LogP contribution in [0.3, 0.4) is 0 Å². The van der Waals surface area contributed by atoms with Gasteiger partial charge in [0.1, 0.15) is 6.04 Å². The number of amides is 2. The zero-order valence-corrected chi connectivity index (χ0v) is 10.7. The van der Waals surface area contributed by atoms with Gasteiger partial charge in [-0.25, -0.2) is 0 Å². The molecule has 3 N–H and O–H groups in total. The van der Waals surface area contributed by atoms with Crippen molar-refractivity contribution in [3.05, 3.63) is 0 Å². The van der Waals surface area contributed by atoms with Crippen LogP contribution in [0.15, 0.2) is 0 Å². The minimum atomic E-state index is -1.03. The van der Waals surface area contributed by atoms with Crippen molar-refractivity contribution in [2.24, 2.45) is 5.41 Å². The standard InChI is InChI=1S/C11H20N2O4/c1-11(2,3)9(10(17)12-4)13-7(14)5-6-8(15)16/h9H,5-6H2,1-4H3,(H,12,17)(H,13,14)(H,15,16)/t9-/m1/s1. The average Bonchev–Trinajstić information content (AvgIpc) is 2.20. The second kappa shape index (κ2) is 6.22. The molecule has 0 aromatic rings. The lowest BCUT2D eigenvalue weighted by Crippen LogP contribution is -2.52. The third-order valence-electron chi connectivity index (χ3n) is 2.25. The first-order valence-corrected chi connectivity index (χ1v) is 5.41. The molecular weight excluding hydrogens is 224 g/mol. The van der Waals surface area contributed by atoms with Crippen molar-refractivity contribution in [2.45, 2.75) is 39.7 Å². The molecule has 0 fully saturated rings. The van der Waals surface area contributed by atoms with Crippen LogP contribution < -0.4 is 10.6 Å². The Bertz CT molecular complexity index is 307. The third-order valence-corrected chi connectivity index (χ3v) is 2.25. The Morgan fingerprint density at radius 2 is 1.71 bits per heavy atom. The van der Waals surface area contributed by atoms with Crippen LogP contribution in [0.2, 0.25) is 0 Å². The van der Waals surface area contributed by atoms with E-state index >= 15 is 0 Å². The first-order valence-electron chi connectivity index (χ1n) is 5.41. The molecule has 0 radical (unpaired) electrons. The topological polar surface area (TPSA) is 95.5 Å². The van der Waals surface area contributed by atoms with Crippen molar-refractivity contribution < 1.29 is 19.5 Å². The normalized spacial score (nSPS) is 12.7. The van der Waals surface area contributed by atoms with Gasteiger partial charge < -0.3 is 15.7 Å². The predicted molar refractivity (Wildman–Crippen MR) is 62.3 cm³/mol. The van der Waals surface area contributed by atoms with Gasteiger partial charge in [0, 0.05) is 13.5 Å². The fourth-order valence-corrected chi connectivity index (χ4v) is 1.27. The summed E-state index contributed by atoms with van der Waals surface area (Å²) in [7, 11) is 1.49. The fourth-order valence-electron chi connectivity index (χ4n) is 1.27. The Balaban J connectivity index is 4.50. The Morgan fingerprint density at radius 1 is 1.18 bits per heavy atom. The van der Waals surface area contributed by atoms with Crippen LogP contribution >= 0.6 is 0 Å². The molecule has 6 heteroatoms. The Morgan fingerprint density at radius 3 is 2.06 bits per heavy atom. The molecule has 98 valence electrons. The quantitative estimate of drug-likeness (QED) is 0.640. The van der Waals surface area contributed by atoms with Crippen LogP contribution in [-0.4, -0.2) is 36.0 Å². The van der Waals surface area contributed by atoms with Crippen LogP contribution in [0.1, 0.15) is 33.6 Å². The predicted octanol–water partition coefficient (Wildman–Crippen LogP) is 0.128. The summed E-state index contributed by atoms with van der Waals surface area (Å²) in [5.41, 5.74) is -0.432. The zero-order chi connectivity index (χ0) is 13.6. The molecule has 0 aromatic carbocycles. The highest BCUT2D eigenvalue weighted by molar-refractivity contribution is 5.89. The lowest BCUT2D eigenvalue weighted by atomic mass is 9.86. The largest absolute Gasteiger partial charge is 0.481 e. The van der Waals surface area contributed by atoms with Gasteiger partial charge in [-0.05, 0) is 5.41 Å². The molecule has 0 bridgehead atoms. The van der Waals surface area contributed by atoms with Gasteiger partial charge in [-0.15, -0.1) is 0 Å². The maximum absolute atomic E-state index is 11.6. The highest BCUT2D eigenvalue weighted by Crippen LogP contribution is 2.19. The molecule has 0 spiro atoms. The van der Waals surface area contributed by atoms with E-state index in [1.54, 1.807) is 0 Å². The van der Waals surface area contributed by atoms with Crippen molar-refractivity contribution in [1.29, 1.82) is 0 Å². The number of carboxylic acid groups (broad SMARTS) is 1. The highest BCUT2D eigenvalue weighted by atomic mass is 16.4. The van der Waals surface area contributed by atoms with E-state index in [9.17, 15) is 14.4 Å². The lowest BCUT2D eigenvalue weighted by molar-refractivity contribution is -0.139. The van der Waals surface area contributed by atoms with Crippen molar-refractivity contribution in [2.75, 3.05) is 7.05 Å². The van der Waals surface area contributed by atoms with Gasteiger partial charge in [0.2, 0.25) is 11.8 Å². The van der Waals surface area contributed by atoms with E-state index in [1.165, 1.54) is 7.05 Å². The average molecular weight is 244 g/mol. The minimum absolute atomic E-state index is 0.126. The van der Waals surface area contributed by atoms with Crippen LogP contribution in [0.5, 0.6) is 0 Å². The first-order chi connectivity index (χ1) is 7.68. The molecule has 0 saturated carbocycles. The van der Waals surface area contributed by atoms with Gasteiger partial charge in [0.05, 0.1) is 6.42 Å². The van der Waals surface area contributed by atoms with Crippen molar-refractivity contribution in [3.8, 4) is 0 Å². The van der Waals surface area contributed by atoms with Gasteiger partial charge in [0.15, 0.2) is 0 Å². The smallest absolute Gasteiger partial charge is 0.303 e. The van der Waals surface area contributed by atoms with Gasteiger partial charge in [0.25, 0.3) is 0 Å². The van der Waals surface area contributed by atoms with Gasteiger partial charge in [-0.3, -0.25) is 14.4 Å². The van der Waals surface area contributed by atoms with Gasteiger partial charge in [-0.1, -0.05) is 20.8 Å². The molecule has 0 heterocycles. The molecule has 0 aliphatic carbocycles. The Hall–Kier alpha value is -1.59. The monoisotopic (exact) mass is 244 g/mol. The van der Waals surface area contributed by atoms with Crippen LogP contribution in [-0.2, 0) is 14.4 Å². The number of carboxylic acids is 1. The number of carbonyl (C=O) groups is 3. The first kappa shape index (κ1) is 15.4. The van der Waals surface area contributed by atoms with Crippen LogP contribution in [0, 0.1) is 5.41 Å². The maximum Gasteiger partial charge on any atom is 0.303 e. The molecule has 17 heavy (non-hydrogen) atoms. The van der Waals surface area contributed by atoms with Crippen molar-refractivity contribution >= 4 is 17.8 Å². The zero-order valence-electron chi connectivity index (χ0n) is 10.7. The molecule has 2 amide bonds. The van der Waals surface area contributed by atoms with Crippen molar-refractivity contribution in [3.63, 3.8) is 0 Å². The summed E-state index contributed by atoms with van der Waals surface area (Å²) in [5.74, 6) is -1.76. The highest BCUT2D eigenvalue weighted by Gasteiger charge is 2.31. The summed E-state index contributed by atoms with van der Waals surface area (Å²) in [6.07, 6.45) is -0.366. The summed E-state index contributed by atoms with van der Waals surface area (Å²) in [6, 6.07) is -0.672. The Labute approximate surface area is 101 Å². The number of hydrogen-bond donors (Lipinski definition) is 3. The summed E-state index contributed by atoms with van der Waals surface area (Å²) >= 11 is 0. The number of likely N-dealkylation sites (N-methyl/N-ethyl adjacent to an activating group) is 1. The van der Waals surface area contributed by atoms with Crippen LogP contribution in [0.4, 0.5) is 0 Å². The lowest BCUT2D eigenvalue weighted by Gasteiger charge is -2.29. The van der Waals surface area contributed by atoms with E-state index in [0.29, 0.717) is 0 Å². The summed E-state index contributed by atoms with van der Waals surface area (Å²) in [6.45, 7) is 5.47. The molecule has 0 unspecified atom stereocenters. The molecular formula is C11H20N2O4. The molecule has 6 nitrogen and oxygen atoms in total. The molecule has 0 aliphatic heterocycles. The molecule has 1 atom stereocenters. The number of nitrogens with one attached hydrogen (secondary N) is 2. The third kappa shape index (κ3) is 5.89. The van der Waals surface area contributed by atoms with E-state index in [2.05, 4.69) is 10.6 Å². The maximum atomic E-state index is 11.6.